The zero-order valence-corrected chi connectivity index (χ0v) is 11.0. The Balaban J connectivity index is 2.01. The Hall–Kier alpha value is -0.880. The first-order valence-electron chi connectivity index (χ1n) is 6.50. The van der Waals surface area contributed by atoms with E-state index in [2.05, 4.69) is 12.1 Å². The van der Waals surface area contributed by atoms with Crippen molar-refractivity contribution < 1.29 is 9.09 Å². The van der Waals surface area contributed by atoms with Crippen LogP contribution in [0.5, 0.6) is 5.75 Å². The molecule has 17 heavy (non-hydrogen) atoms. The molecule has 1 aromatic rings. The SMILES string of the molecule is O=POc1ccc(C2CCCCCCC2)cc1. The molecule has 3 heteroatoms. The predicted octanol–water partition coefficient (Wildman–Crippen LogP) is 5.10. The van der Waals surface area contributed by atoms with Crippen LogP contribution >= 0.6 is 8.69 Å². The molecule has 0 aliphatic heterocycles. The van der Waals surface area contributed by atoms with Gasteiger partial charge in [0.15, 0.2) is 0 Å². The van der Waals surface area contributed by atoms with E-state index in [1.807, 2.05) is 12.1 Å². The minimum Gasteiger partial charge on any atom is -0.408 e. The molecular weight excluding hydrogens is 231 g/mol. The summed E-state index contributed by atoms with van der Waals surface area (Å²) in [6.45, 7) is 0. The van der Waals surface area contributed by atoms with Crippen LogP contribution in [0.15, 0.2) is 24.3 Å². The number of hydrogen-bond donors (Lipinski definition) is 0. The van der Waals surface area contributed by atoms with E-state index in [4.69, 9.17) is 4.52 Å². The standard InChI is InChI=1S/C14H19O2P/c15-17-16-14-10-8-13(9-11-14)12-6-4-2-1-3-5-7-12/h8-12H,1-7H2. The summed E-state index contributed by atoms with van der Waals surface area (Å²) in [5, 5.41) is 0. The van der Waals surface area contributed by atoms with E-state index in [1.54, 1.807) is 0 Å². The highest BCUT2D eigenvalue weighted by Crippen LogP contribution is 2.31. The minimum absolute atomic E-state index is 0.281. The predicted molar refractivity (Wildman–Crippen MR) is 69.7 cm³/mol. The zero-order chi connectivity index (χ0) is 11.9. The van der Waals surface area contributed by atoms with Gasteiger partial charge in [0.1, 0.15) is 5.75 Å². The van der Waals surface area contributed by atoms with E-state index in [-0.39, 0.29) is 8.69 Å². The van der Waals surface area contributed by atoms with Crippen molar-refractivity contribution in [3.05, 3.63) is 29.8 Å². The van der Waals surface area contributed by atoms with Gasteiger partial charge in [0.05, 0.1) is 0 Å². The lowest BCUT2D eigenvalue weighted by Gasteiger charge is -2.20. The third kappa shape index (κ3) is 3.81. The smallest absolute Gasteiger partial charge is 0.395 e. The fraction of sp³-hybridized carbons (Fsp3) is 0.571. The number of rotatable bonds is 3. The average Bonchev–Trinajstić information content (AvgIpc) is 2.30. The molecule has 2 rings (SSSR count). The van der Waals surface area contributed by atoms with Crippen LogP contribution in [0.25, 0.3) is 0 Å². The van der Waals surface area contributed by atoms with E-state index in [9.17, 15) is 4.57 Å². The van der Waals surface area contributed by atoms with Gasteiger partial charge in [-0.25, -0.2) is 4.57 Å². The van der Waals surface area contributed by atoms with Crippen LogP contribution in [0.1, 0.15) is 56.4 Å². The lowest BCUT2D eigenvalue weighted by molar-refractivity contribution is 0.455. The van der Waals surface area contributed by atoms with Crippen molar-refractivity contribution in [1.29, 1.82) is 0 Å². The van der Waals surface area contributed by atoms with E-state index < -0.39 is 0 Å². The van der Waals surface area contributed by atoms with E-state index in [0.29, 0.717) is 11.7 Å². The Morgan fingerprint density at radius 3 is 2.12 bits per heavy atom. The van der Waals surface area contributed by atoms with Crippen molar-refractivity contribution >= 4 is 8.69 Å². The molecule has 0 heterocycles. The van der Waals surface area contributed by atoms with Gasteiger partial charge < -0.3 is 4.52 Å². The molecule has 1 aliphatic rings. The molecule has 0 radical (unpaired) electrons. The molecule has 0 N–H and O–H groups in total. The highest BCUT2D eigenvalue weighted by Gasteiger charge is 2.13. The minimum atomic E-state index is -0.281. The molecule has 0 atom stereocenters. The molecule has 1 saturated carbocycles. The summed E-state index contributed by atoms with van der Waals surface area (Å²) < 4.78 is 15.2. The Labute approximate surface area is 105 Å². The summed E-state index contributed by atoms with van der Waals surface area (Å²) in [6.07, 6.45) is 9.48. The fourth-order valence-electron chi connectivity index (χ4n) is 2.63. The molecule has 0 amide bonds. The summed E-state index contributed by atoms with van der Waals surface area (Å²) in [4.78, 5) is 0. The van der Waals surface area contributed by atoms with Gasteiger partial charge in [0, 0.05) is 0 Å². The zero-order valence-electron chi connectivity index (χ0n) is 10.1. The van der Waals surface area contributed by atoms with Crippen LogP contribution in [0.2, 0.25) is 0 Å². The summed E-state index contributed by atoms with van der Waals surface area (Å²) >= 11 is 0. The molecule has 1 fully saturated rings. The number of benzene rings is 1. The second kappa shape index (κ2) is 6.76. The largest absolute Gasteiger partial charge is 0.408 e. The molecule has 92 valence electrons. The van der Waals surface area contributed by atoms with Crippen molar-refractivity contribution in [2.45, 2.75) is 50.9 Å². The molecule has 0 spiro atoms. The Morgan fingerprint density at radius 1 is 0.941 bits per heavy atom. The van der Waals surface area contributed by atoms with Crippen molar-refractivity contribution in [2.24, 2.45) is 0 Å². The van der Waals surface area contributed by atoms with Crippen LogP contribution in [0, 0.1) is 0 Å². The monoisotopic (exact) mass is 250 g/mol. The summed E-state index contributed by atoms with van der Waals surface area (Å²) in [7, 11) is -0.281. The molecule has 0 bridgehead atoms. The highest BCUT2D eigenvalue weighted by atomic mass is 31.1. The maximum Gasteiger partial charge on any atom is 0.395 e. The summed E-state index contributed by atoms with van der Waals surface area (Å²) in [6, 6.07) is 8.07. The third-order valence-corrected chi connectivity index (χ3v) is 3.88. The van der Waals surface area contributed by atoms with Crippen molar-refractivity contribution in [1.82, 2.24) is 0 Å². The van der Waals surface area contributed by atoms with Crippen molar-refractivity contribution in [3.63, 3.8) is 0 Å². The molecule has 1 aromatic carbocycles. The first kappa shape index (κ1) is 12.6. The van der Waals surface area contributed by atoms with Crippen LogP contribution in [-0.2, 0) is 4.57 Å². The molecule has 0 unspecified atom stereocenters. The van der Waals surface area contributed by atoms with E-state index in [0.717, 1.165) is 0 Å². The molecule has 0 aromatic heterocycles. The van der Waals surface area contributed by atoms with Gasteiger partial charge in [-0.05, 0) is 36.5 Å². The van der Waals surface area contributed by atoms with Crippen LogP contribution < -0.4 is 4.52 Å². The summed E-state index contributed by atoms with van der Waals surface area (Å²) in [5.74, 6) is 1.38. The highest BCUT2D eigenvalue weighted by molar-refractivity contribution is 7.17. The van der Waals surface area contributed by atoms with Crippen molar-refractivity contribution in [2.75, 3.05) is 0 Å². The van der Waals surface area contributed by atoms with Gasteiger partial charge in [0.25, 0.3) is 0 Å². The van der Waals surface area contributed by atoms with Crippen LogP contribution in [0.4, 0.5) is 0 Å². The molecule has 1 aliphatic carbocycles. The van der Waals surface area contributed by atoms with Crippen molar-refractivity contribution in [3.8, 4) is 5.75 Å². The van der Waals surface area contributed by atoms with Gasteiger partial charge in [-0.3, -0.25) is 0 Å². The molecule has 0 saturated heterocycles. The first-order valence-corrected chi connectivity index (χ1v) is 7.23. The van der Waals surface area contributed by atoms with Gasteiger partial charge >= 0.3 is 8.69 Å². The maximum atomic E-state index is 10.3. The Kier molecular flexibility index (Phi) is 5.00. The molecular formula is C14H19O2P. The second-order valence-electron chi connectivity index (χ2n) is 4.78. The third-order valence-electron chi connectivity index (χ3n) is 3.60. The fourth-order valence-corrected chi connectivity index (χ4v) is 2.84. The average molecular weight is 250 g/mol. The van der Waals surface area contributed by atoms with Gasteiger partial charge in [-0.1, -0.05) is 44.2 Å². The lowest BCUT2D eigenvalue weighted by atomic mass is 9.86. The van der Waals surface area contributed by atoms with Gasteiger partial charge in [-0.15, -0.1) is 0 Å². The van der Waals surface area contributed by atoms with Gasteiger partial charge in [0.2, 0.25) is 0 Å². The normalized spacial score (nSPS) is 18.6. The second-order valence-corrected chi connectivity index (χ2v) is 5.11. The van der Waals surface area contributed by atoms with Gasteiger partial charge in [-0.2, -0.15) is 0 Å². The van der Waals surface area contributed by atoms with Crippen LogP contribution in [-0.4, -0.2) is 0 Å². The summed E-state index contributed by atoms with van der Waals surface area (Å²) in [5.41, 5.74) is 1.40. The lowest BCUT2D eigenvalue weighted by Crippen LogP contribution is -2.02. The van der Waals surface area contributed by atoms with Crippen LogP contribution in [0.3, 0.4) is 0 Å². The topological polar surface area (TPSA) is 26.3 Å². The van der Waals surface area contributed by atoms with E-state index >= 15 is 0 Å². The molecule has 2 nitrogen and oxygen atoms in total. The van der Waals surface area contributed by atoms with E-state index in [1.165, 1.54) is 50.5 Å². The quantitative estimate of drug-likeness (QED) is 0.697. The number of hydrogen-bond acceptors (Lipinski definition) is 2. The Morgan fingerprint density at radius 2 is 1.53 bits per heavy atom. The first-order chi connectivity index (χ1) is 8.40. The maximum absolute atomic E-state index is 10.3. The Bertz CT molecular complexity index is 340.